The van der Waals surface area contributed by atoms with Crippen molar-refractivity contribution in [1.82, 2.24) is 0 Å². The van der Waals surface area contributed by atoms with Crippen LogP contribution in [0.2, 0.25) is 0 Å². The summed E-state index contributed by atoms with van der Waals surface area (Å²) in [5.74, 6) is 2.07. The first-order valence-corrected chi connectivity index (χ1v) is 4.07. The minimum Gasteiger partial charge on any atom is -0.116 e. The highest BCUT2D eigenvalue weighted by molar-refractivity contribution is 6.62. The second kappa shape index (κ2) is 5.65. The normalized spacial score (nSPS) is 10.8. The Hall–Kier alpha value is -0.975. The summed E-state index contributed by atoms with van der Waals surface area (Å²) in [7, 11) is 3.37. The van der Waals surface area contributed by atoms with Gasteiger partial charge in [0.15, 0.2) is 7.28 Å². The van der Waals surface area contributed by atoms with Crippen molar-refractivity contribution in [2.24, 2.45) is 0 Å². The minimum atomic E-state index is 1.25. The molecule has 0 fully saturated rings. The predicted molar refractivity (Wildman–Crippen MR) is 58.9 cm³/mol. The van der Waals surface area contributed by atoms with Crippen molar-refractivity contribution in [3.05, 3.63) is 35.8 Å². The third-order valence-corrected chi connectivity index (χ3v) is 1.55. The van der Waals surface area contributed by atoms with Gasteiger partial charge in [-0.15, -0.1) is 5.98 Å². The molecule has 0 spiro atoms. The molecule has 0 atom stereocenters. The molecule has 1 heteroatoms. The highest BCUT2D eigenvalue weighted by Gasteiger charge is 2.01. The Morgan fingerprint density at radius 2 is 1.92 bits per heavy atom. The number of hydrogen-bond acceptors (Lipinski definition) is 0. The van der Waals surface area contributed by atoms with Gasteiger partial charge in [-0.1, -0.05) is 57.1 Å². The molecule has 0 bridgehead atoms. The van der Waals surface area contributed by atoms with E-state index < -0.39 is 0 Å². The molecule has 0 nitrogen and oxygen atoms in total. The van der Waals surface area contributed by atoms with Gasteiger partial charge in [-0.3, -0.25) is 0 Å². The molecular weight excluding hydrogens is 143 g/mol. The monoisotopic (exact) mass is 161 g/mol. The molecule has 0 saturated heterocycles. The number of fused-ring (bicyclic) bond motifs is 1. The van der Waals surface area contributed by atoms with Crippen LogP contribution in [0.15, 0.2) is 30.2 Å². The van der Waals surface area contributed by atoms with Crippen LogP contribution < -0.4 is 5.46 Å². The summed E-state index contributed by atoms with van der Waals surface area (Å²) in [6.07, 6.45) is 2.12. The Morgan fingerprint density at radius 1 is 1.25 bits per heavy atom. The van der Waals surface area contributed by atoms with Crippen molar-refractivity contribution in [2.45, 2.75) is 21.3 Å². The standard InChI is InChI=1S/C8H6B.C2H6.CH4/c1-2-4-8-7(3-1)5-6-9-8;1-2;/h1-6H;1-2H3;1H4/i;;1T. The summed E-state index contributed by atoms with van der Waals surface area (Å²) < 4.78 is 5.75. The van der Waals surface area contributed by atoms with E-state index in [0.717, 1.165) is 0 Å². The molecule has 12 heavy (non-hydrogen) atoms. The van der Waals surface area contributed by atoms with Gasteiger partial charge in [0.25, 0.3) is 0 Å². The van der Waals surface area contributed by atoms with Gasteiger partial charge in [0.1, 0.15) is 0 Å². The average Bonchev–Trinajstić information content (AvgIpc) is 2.71. The van der Waals surface area contributed by atoms with Crippen LogP contribution in [-0.4, -0.2) is 7.28 Å². The molecule has 1 aromatic carbocycles. The molecule has 0 amide bonds. The maximum Gasteiger partial charge on any atom is 0.182 e. The second-order valence-electron chi connectivity index (χ2n) is 2.15. The number of hydrogen-bond donors (Lipinski definition) is 0. The fourth-order valence-corrected chi connectivity index (χ4v) is 1.07. The molecule has 0 saturated carbocycles. The van der Waals surface area contributed by atoms with Crippen molar-refractivity contribution in [3.8, 4) is 0 Å². The van der Waals surface area contributed by atoms with Crippen molar-refractivity contribution in [2.75, 3.05) is 0 Å². The number of rotatable bonds is 0. The molecule has 0 aromatic heterocycles. The highest BCUT2D eigenvalue weighted by Crippen LogP contribution is 2.02. The van der Waals surface area contributed by atoms with E-state index in [2.05, 4.69) is 43.6 Å². The van der Waals surface area contributed by atoms with Crippen LogP contribution in [0, 0.1) is 0 Å². The van der Waals surface area contributed by atoms with Gasteiger partial charge in [0, 0.05) is 1.37 Å². The molecular formula is C11H16B. The molecule has 1 aromatic rings. The summed E-state index contributed by atoms with van der Waals surface area (Å²) in [6, 6.07) is 8.36. The van der Waals surface area contributed by atoms with Crippen molar-refractivity contribution < 1.29 is 1.37 Å². The smallest absolute Gasteiger partial charge is 0.116 e. The van der Waals surface area contributed by atoms with Gasteiger partial charge >= 0.3 is 0 Å². The molecule has 1 heterocycles. The van der Waals surface area contributed by atoms with Gasteiger partial charge in [0.05, 0.1) is 0 Å². The van der Waals surface area contributed by atoms with Gasteiger partial charge in [0.2, 0.25) is 0 Å². The first-order valence-electron chi connectivity index (χ1n) is 5.07. The Kier molecular flexibility index (Phi) is 4.29. The Bertz CT molecular complexity index is 256. The summed E-state index contributed by atoms with van der Waals surface area (Å²) in [4.78, 5) is 0. The summed E-state index contributed by atoms with van der Waals surface area (Å²) in [6.45, 7) is 4.00. The largest absolute Gasteiger partial charge is 0.182 e. The lowest BCUT2D eigenvalue weighted by molar-refractivity contribution is 1.50. The van der Waals surface area contributed by atoms with Crippen LogP contribution in [0.3, 0.4) is 0 Å². The third kappa shape index (κ3) is 2.26. The molecule has 1 radical (unpaired) electrons. The van der Waals surface area contributed by atoms with Gasteiger partial charge < -0.3 is 0 Å². The van der Waals surface area contributed by atoms with Crippen LogP contribution in [0.25, 0.3) is 6.08 Å². The van der Waals surface area contributed by atoms with Gasteiger partial charge in [-0.05, 0) is 5.56 Å². The fourth-order valence-electron chi connectivity index (χ4n) is 1.07. The summed E-state index contributed by atoms with van der Waals surface area (Å²) in [5, 5.41) is 0. The topological polar surface area (TPSA) is 0 Å². The molecule has 0 aliphatic carbocycles. The molecule has 0 N–H and O–H groups in total. The molecule has 2 rings (SSSR count). The lowest BCUT2D eigenvalue weighted by Gasteiger charge is -1.92. The molecule has 63 valence electrons. The van der Waals surface area contributed by atoms with Crippen LogP contribution in [0.1, 0.15) is 28.2 Å². The van der Waals surface area contributed by atoms with E-state index in [1.165, 1.54) is 18.4 Å². The van der Waals surface area contributed by atoms with Crippen LogP contribution >= 0.6 is 0 Å². The zero-order valence-corrected chi connectivity index (χ0v) is 8.04. The van der Waals surface area contributed by atoms with E-state index in [-0.39, 0.29) is 0 Å². The maximum absolute atomic E-state index is 5.75. The van der Waals surface area contributed by atoms with Crippen molar-refractivity contribution in [3.63, 3.8) is 0 Å². The SMILES string of the molecule is CC.[3H]C.[B]1C=Cc2ccccc21. The lowest BCUT2D eigenvalue weighted by atomic mass is 9.74. The first-order chi connectivity index (χ1) is 6.47. The quantitative estimate of drug-likeness (QED) is 0.513. The molecule has 1 aliphatic rings. The van der Waals surface area contributed by atoms with E-state index in [4.69, 9.17) is 1.37 Å². The lowest BCUT2D eigenvalue weighted by Crippen LogP contribution is -2.09. The molecule has 0 unspecified atom stereocenters. The zero-order chi connectivity index (χ0) is 10.1. The average molecular weight is 161 g/mol. The number of benzene rings is 1. The minimum absolute atomic E-state index is 1.25. The summed E-state index contributed by atoms with van der Waals surface area (Å²) >= 11 is 0. The first kappa shape index (κ1) is 9.12. The van der Waals surface area contributed by atoms with E-state index in [1.807, 2.05) is 13.8 Å². The second-order valence-corrected chi connectivity index (χ2v) is 2.15. The fraction of sp³-hybridized carbons (Fsp3) is 0.273. The Balaban J connectivity index is 0.000000322. The zero-order valence-electron chi connectivity index (χ0n) is 9.04. The van der Waals surface area contributed by atoms with Gasteiger partial charge in [-0.2, -0.15) is 0 Å². The predicted octanol–water partition coefficient (Wildman–Crippen LogP) is 2.66. The van der Waals surface area contributed by atoms with E-state index in [1.54, 1.807) is 0 Å². The Labute approximate surface area is 78.0 Å². The van der Waals surface area contributed by atoms with Crippen molar-refractivity contribution in [1.29, 1.82) is 0 Å². The highest BCUT2D eigenvalue weighted by atomic mass is 13.9. The van der Waals surface area contributed by atoms with E-state index in [0.29, 0.717) is 0 Å². The Morgan fingerprint density at radius 3 is 2.58 bits per heavy atom. The van der Waals surface area contributed by atoms with Gasteiger partial charge in [-0.25, -0.2) is 0 Å². The van der Waals surface area contributed by atoms with Crippen LogP contribution in [0.4, 0.5) is 0 Å². The van der Waals surface area contributed by atoms with E-state index in [9.17, 15) is 0 Å². The summed E-state index contributed by atoms with van der Waals surface area (Å²) in [5.41, 5.74) is 2.66. The maximum atomic E-state index is 5.75. The molecule has 1 aliphatic heterocycles. The van der Waals surface area contributed by atoms with Crippen LogP contribution in [-0.2, 0) is 0 Å². The third-order valence-electron chi connectivity index (χ3n) is 1.55. The van der Waals surface area contributed by atoms with Crippen LogP contribution in [0.5, 0.6) is 0 Å². The van der Waals surface area contributed by atoms with Crippen molar-refractivity contribution >= 4 is 18.8 Å². The van der Waals surface area contributed by atoms with E-state index >= 15 is 0 Å².